The number of aromatic amines is 1. The van der Waals surface area contributed by atoms with Crippen LogP contribution in [0.4, 0.5) is 5.69 Å². The van der Waals surface area contributed by atoms with Gasteiger partial charge in [-0.2, -0.15) is 0 Å². The molecule has 42 heavy (non-hydrogen) atoms. The molecule has 0 radical (unpaired) electrons. The minimum absolute atomic E-state index is 0.110. The normalized spacial score (nSPS) is 10.9. The molecule has 5 aromatic rings. The fraction of sp³-hybridized carbons (Fsp3) is 0.235. The highest BCUT2D eigenvalue weighted by Gasteiger charge is 2.26. The van der Waals surface area contributed by atoms with Crippen LogP contribution in [0.2, 0.25) is 0 Å². The Kier molecular flexibility index (Phi) is 8.92. The number of hydrogen-bond acceptors (Lipinski definition) is 5. The van der Waals surface area contributed by atoms with Crippen molar-refractivity contribution in [1.82, 2.24) is 14.8 Å². The van der Waals surface area contributed by atoms with E-state index in [4.69, 9.17) is 9.15 Å². The van der Waals surface area contributed by atoms with Gasteiger partial charge in [0.25, 0.3) is 5.91 Å². The molecule has 0 spiro atoms. The summed E-state index contributed by atoms with van der Waals surface area (Å²) in [6.07, 6.45) is 4.24. The van der Waals surface area contributed by atoms with Crippen LogP contribution in [-0.4, -0.2) is 60.9 Å². The van der Waals surface area contributed by atoms with E-state index in [0.29, 0.717) is 36.6 Å². The summed E-state index contributed by atoms with van der Waals surface area (Å²) in [4.78, 5) is 36.5. The van der Waals surface area contributed by atoms with E-state index in [2.05, 4.69) is 11.1 Å². The van der Waals surface area contributed by atoms with E-state index in [1.807, 2.05) is 78.6 Å². The standard InChI is InChI=1S/C34H36N4O4/c1-36(2)27-16-14-25(15-17-27)22-37(19-18-26-21-35-31-12-6-4-10-29(26)31)33(39)24-38(23-28-9-8-20-42-28)34(40)30-11-5-7-13-32(30)41-3/h4-17,20-21,35H,18-19,22-24H2,1-3H3. The average Bonchev–Trinajstić information content (AvgIpc) is 3.68. The molecule has 0 aliphatic carbocycles. The Bertz CT molecular complexity index is 1620. The topological polar surface area (TPSA) is 82.0 Å². The third-order valence-corrected chi connectivity index (χ3v) is 7.38. The number of methoxy groups -OCH3 is 1. The monoisotopic (exact) mass is 564 g/mol. The number of ether oxygens (including phenoxy) is 1. The molecule has 0 saturated carbocycles. The highest BCUT2D eigenvalue weighted by molar-refractivity contribution is 5.98. The number of carbonyl (C=O) groups is 2. The number of nitrogens with one attached hydrogen (secondary N) is 1. The molecule has 216 valence electrons. The van der Waals surface area contributed by atoms with Crippen LogP contribution in [0.1, 0.15) is 27.2 Å². The molecule has 1 N–H and O–H groups in total. The maximum atomic E-state index is 14.0. The summed E-state index contributed by atoms with van der Waals surface area (Å²) < 4.78 is 11.0. The summed E-state index contributed by atoms with van der Waals surface area (Å²) in [5.41, 5.74) is 4.70. The van der Waals surface area contributed by atoms with Gasteiger partial charge in [0.2, 0.25) is 5.91 Å². The van der Waals surface area contributed by atoms with Crippen LogP contribution in [0, 0.1) is 0 Å². The molecule has 0 unspecified atom stereocenters. The molecule has 0 aliphatic rings. The average molecular weight is 565 g/mol. The summed E-state index contributed by atoms with van der Waals surface area (Å²) in [6, 6.07) is 27.0. The van der Waals surface area contributed by atoms with Gasteiger partial charge in [0.05, 0.1) is 25.5 Å². The first kappa shape index (κ1) is 28.5. The van der Waals surface area contributed by atoms with Crippen molar-refractivity contribution in [2.75, 3.05) is 39.2 Å². The first-order valence-corrected chi connectivity index (χ1v) is 14.0. The number of benzene rings is 3. The largest absolute Gasteiger partial charge is 0.496 e. The Morgan fingerprint density at radius 1 is 0.857 bits per heavy atom. The van der Waals surface area contributed by atoms with E-state index in [0.717, 1.165) is 27.7 Å². The Balaban J connectivity index is 1.41. The quantitative estimate of drug-likeness (QED) is 0.209. The zero-order valence-corrected chi connectivity index (χ0v) is 24.2. The van der Waals surface area contributed by atoms with Crippen LogP contribution in [-0.2, 0) is 24.3 Å². The Morgan fingerprint density at radius 2 is 1.62 bits per heavy atom. The fourth-order valence-corrected chi connectivity index (χ4v) is 5.05. The number of hydrogen-bond donors (Lipinski definition) is 1. The van der Waals surface area contributed by atoms with Crippen molar-refractivity contribution in [3.8, 4) is 5.75 Å². The lowest BCUT2D eigenvalue weighted by Crippen LogP contribution is -2.43. The van der Waals surface area contributed by atoms with Crippen molar-refractivity contribution in [2.45, 2.75) is 19.5 Å². The van der Waals surface area contributed by atoms with E-state index in [9.17, 15) is 9.59 Å². The molecule has 5 rings (SSSR count). The van der Waals surface area contributed by atoms with Crippen molar-refractivity contribution in [3.05, 3.63) is 120 Å². The number of nitrogens with zero attached hydrogens (tertiary/aromatic N) is 3. The van der Waals surface area contributed by atoms with Gasteiger partial charge in [-0.05, 0) is 60.0 Å². The molecule has 2 heterocycles. The number of rotatable bonds is 12. The third kappa shape index (κ3) is 6.66. The number of anilines is 1. The number of furan rings is 1. The van der Waals surface area contributed by atoms with Crippen LogP contribution in [0.5, 0.6) is 5.75 Å². The number of carbonyl (C=O) groups excluding carboxylic acids is 2. The van der Waals surface area contributed by atoms with Crippen LogP contribution in [0.25, 0.3) is 10.9 Å². The number of H-pyrrole nitrogens is 1. The second-order valence-electron chi connectivity index (χ2n) is 10.4. The predicted octanol–water partition coefficient (Wildman–Crippen LogP) is 5.75. The number of amides is 2. The summed E-state index contributed by atoms with van der Waals surface area (Å²) in [6.45, 7) is 0.963. The first-order chi connectivity index (χ1) is 20.4. The summed E-state index contributed by atoms with van der Waals surface area (Å²) in [5.74, 6) is 0.595. The lowest BCUT2D eigenvalue weighted by Gasteiger charge is -2.28. The molecule has 0 fully saturated rings. The van der Waals surface area contributed by atoms with Crippen molar-refractivity contribution >= 4 is 28.4 Å². The zero-order chi connectivity index (χ0) is 29.5. The minimum Gasteiger partial charge on any atom is -0.496 e. The highest BCUT2D eigenvalue weighted by atomic mass is 16.5. The Hall–Kier alpha value is -4.98. The fourth-order valence-electron chi connectivity index (χ4n) is 5.05. The molecule has 0 bridgehead atoms. The molecule has 3 aromatic carbocycles. The summed E-state index contributed by atoms with van der Waals surface area (Å²) in [5, 5.41) is 1.14. The third-order valence-electron chi connectivity index (χ3n) is 7.38. The van der Waals surface area contributed by atoms with Gasteiger partial charge in [0.15, 0.2) is 0 Å². The summed E-state index contributed by atoms with van der Waals surface area (Å²) >= 11 is 0. The number of aromatic nitrogens is 1. The molecular formula is C34H36N4O4. The lowest BCUT2D eigenvalue weighted by molar-refractivity contribution is -0.132. The molecule has 2 amide bonds. The Labute approximate surface area is 246 Å². The van der Waals surface area contributed by atoms with Gasteiger partial charge in [0, 0.05) is 50.0 Å². The maximum Gasteiger partial charge on any atom is 0.258 e. The minimum atomic E-state index is -0.302. The smallest absolute Gasteiger partial charge is 0.258 e. The number of fused-ring (bicyclic) bond motifs is 1. The SMILES string of the molecule is COc1ccccc1C(=O)N(CC(=O)N(CCc1c[nH]c2ccccc12)Cc1ccc(N(C)C)cc1)Cc1ccco1. The lowest BCUT2D eigenvalue weighted by atomic mass is 10.1. The summed E-state index contributed by atoms with van der Waals surface area (Å²) in [7, 11) is 5.53. The molecule has 8 nitrogen and oxygen atoms in total. The van der Waals surface area contributed by atoms with Crippen molar-refractivity contribution < 1.29 is 18.7 Å². The molecule has 0 aliphatic heterocycles. The van der Waals surface area contributed by atoms with Gasteiger partial charge in [-0.3, -0.25) is 9.59 Å². The van der Waals surface area contributed by atoms with Crippen LogP contribution in [0.3, 0.4) is 0 Å². The molecular weight excluding hydrogens is 528 g/mol. The van der Waals surface area contributed by atoms with E-state index in [1.54, 1.807) is 36.6 Å². The maximum absolute atomic E-state index is 14.0. The molecule has 8 heteroatoms. The van der Waals surface area contributed by atoms with Gasteiger partial charge in [-0.1, -0.05) is 42.5 Å². The zero-order valence-electron chi connectivity index (χ0n) is 24.2. The van der Waals surface area contributed by atoms with Crippen molar-refractivity contribution in [1.29, 1.82) is 0 Å². The molecule has 0 saturated heterocycles. The van der Waals surface area contributed by atoms with Crippen LogP contribution in [0.15, 0.2) is 102 Å². The van der Waals surface area contributed by atoms with Gasteiger partial charge in [0.1, 0.15) is 18.1 Å². The predicted molar refractivity (Wildman–Crippen MR) is 165 cm³/mol. The molecule has 0 atom stereocenters. The Morgan fingerprint density at radius 3 is 2.36 bits per heavy atom. The second kappa shape index (κ2) is 13.1. The van der Waals surface area contributed by atoms with Gasteiger partial charge >= 0.3 is 0 Å². The van der Waals surface area contributed by atoms with Crippen molar-refractivity contribution in [3.63, 3.8) is 0 Å². The highest BCUT2D eigenvalue weighted by Crippen LogP contribution is 2.22. The van der Waals surface area contributed by atoms with E-state index in [-0.39, 0.29) is 24.9 Å². The van der Waals surface area contributed by atoms with Crippen LogP contribution < -0.4 is 9.64 Å². The first-order valence-electron chi connectivity index (χ1n) is 14.0. The van der Waals surface area contributed by atoms with E-state index >= 15 is 0 Å². The van der Waals surface area contributed by atoms with Crippen LogP contribution >= 0.6 is 0 Å². The van der Waals surface area contributed by atoms with Gasteiger partial charge < -0.3 is 28.8 Å². The van der Waals surface area contributed by atoms with Gasteiger partial charge in [-0.15, -0.1) is 0 Å². The van der Waals surface area contributed by atoms with Gasteiger partial charge in [-0.25, -0.2) is 0 Å². The van der Waals surface area contributed by atoms with E-state index < -0.39 is 0 Å². The van der Waals surface area contributed by atoms with E-state index in [1.165, 1.54) is 12.0 Å². The number of para-hydroxylation sites is 2. The molecule has 2 aromatic heterocycles. The second-order valence-corrected chi connectivity index (χ2v) is 10.4. The van der Waals surface area contributed by atoms with Crippen molar-refractivity contribution in [2.24, 2.45) is 0 Å².